The molecule has 22 heavy (non-hydrogen) atoms. The number of carboxylic acids is 1. The Morgan fingerprint density at radius 2 is 1.95 bits per heavy atom. The molecule has 0 amide bonds. The maximum atomic E-state index is 12.7. The van der Waals surface area contributed by atoms with Crippen LogP contribution in [0.4, 0.5) is 0 Å². The van der Waals surface area contributed by atoms with Gasteiger partial charge in [0.1, 0.15) is 10.5 Å². The normalized spacial score (nSPS) is 14.0. The van der Waals surface area contributed by atoms with Gasteiger partial charge in [-0.25, -0.2) is 4.79 Å². The van der Waals surface area contributed by atoms with E-state index >= 15 is 0 Å². The first-order chi connectivity index (χ1) is 10.4. The Hall–Kier alpha value is -1.52. The Morgan fingerprint density at radius 1 is 1.27 bits per heavy atom. The number of aryl methyl sites for hydroxylation is 1. The molecule has 1 atom stereocenters. The number of halogens is 2. The second-order valence-electron chi connectivity index (χ2n) is 5.10. The van der Waals surface area contributed by atoms with Crippen LogP contribution in [-0.2, 0) is 6.42 Å². The Morgan fingerprint density at radius 3 is 2.45 bits per heavy atom. The Balaban J connectivity index is 2.62. The number of carboxylic acid groups (broad SMARTS) is 1. The molecule has 0 saturated carbocycles. The minimum absolute atomic E-state index is 0.0108. The summed E-state index contributed by atoms with van der Waals surface area (Å²) in [5, 5.41) is 9.55. The van der Waals surface area contributed by atoms with Crippen molar-refractivity contribution in [3.63, 3.8) is 0 Å². The molecule has 0 bridgehead atoms. The zero-order valence-electron chi connectivity index (χ0n) is 12.3. The maximum absolute atomic E-state index is 12.7. The van der Waals surface area contributed by atoms with Crippen LogP contribution in [0, 0.1) is 0 Å². The number of aromatic carboxylic acids is 1. The van der Waals surface area contributed by atoms with Gasteiger partial charge in [-0.3, -0.25) is 4.79 Å². The van der Waals surface area contributed by atoms with Crippen LogP contribution in [0.5, 0.6) is 0 Å². The van der Waals surface area contributed by atoms with Gasteiger partial charge in [0.2, 0.25) is 5.76 Å². The first kappa shape index (κ1) is 16.8. The van der Waals surface area contributed by atoms with Gasteiger partial charge in [-0.05, 0) is 36.6 Å². The topological polar surface area (TPSA) is 67.5 Å². The lowest BCUT2D eigenvalue weighted by atomic mass is 9.91. The molecule has 1 heterocycles. The summed E-state index contributed by atoms with van der Waals surface area (Å²) >= 11 is 12.2. The maximum Gasteiger partial charge on any atom is 0.371 e. The molecule has 1 N–H and O–H groups in total. The predicted octanol–water partition coefficient (Wildman–Crippen LogP) is 4.50. The quantitative estimate of drug-likeness (QED) is 0.619. The minimum atomic E-state index is -1.15. The molecular formula is C16H16Cl2O4. The van der Waals surface area contributed by atoms with Crippen LogP contribution >= 0.6 is 23.2 Å². The third kappa shape index (κ3) is 2.85. The van der Waals surface area contributed by atoms with Crippen LogP contribution in [-0.4, -0.2) is 27.6 Å². The minimum Gasteiger partial charge on any atom is -0.475 e. The lowest BCUT2D eigenvalue weighted by Crippen LogP contribution is -2.34. The fraction of sp³-hybridized carbons (Fsp3) is 0.375. The number of hydrogen-bond acceptors (Lipinski definition) is 3. The fourth-order valence-electron chi connectivity index (χ4n) is 2.30. The van der Waals surface area contributed by atoms with Crippen molar-refractivity contribution in [2.75, 3.05) is 5.88 Å². The zero-order valence-corrected chi connectivity index (χ0v) is 13.8. The summed E-state index contributed by atoms with van der Waals surface area (Å²) in [6.45, 7) is 3.71. The van der Waals surface area contributed by atoms with Gasteiger partial charge in [0.15, 0.2) is 5.78 Å². The third-order valence-electron chi connectivity index (χ3n) is 3.76. The van der Waals surface area contributed by atoms with Crippen molar-refractivity contribution in [2.45, 2.75) is 31.6 Å². The van der Waals surface area contributed by atoms with Gasteiger partial charge < -0.3 is 9.52 Å². The van der Waals surface area contributed by atoms with E-state index in [2.05, 4.69) is 0 Å². The van der Waals surface area contributed by atoms with Crippen LogP contribution in [0.2, 0.25) is 0 Å². The van der Waals surface area contributed by atoms with Crippen LogP contribution in [0.3, 0.4) is 0 Å². The van der Waals surface area contributed by atoms with Crippen LogP contribution in [0.1, 0.15) is 46.7 Å². The highest BCUT2D eigenvalue weighted by atomic mass is 35.5. The average molecular weight is 343 g/mol. The summed E-state index contributed by atoms with van der Waals surface area (Å²) in [5.74, 6) is -1.55. The SMILES string of the molecule is CCc1cc2oc(C(=O)O)cc2cc1C(=O)C(Cl)(CC)CCl. The summed E-state index contributed by atoms with van der Waals surface area (Å²) in [4.78, 5) is 22.6. The molecule has 2 aromatic rings. The second-order valence-corrected chi connectivity index (χ2v) is 6.09. The smallest absolute Gasteiger partial charge is 0.371 e. The van der Waals surface area contributed by atoms with Crippen molar-refractivity contribution in [3.05, 3.63) is 35.1 Å². The third-order valence-corrected chi connectivity index (χ3v) is 4.92. The number of benzene rings is 1. The largest absolute Gasteiger partial charge is 0.475 e. The molecule has 0 aliphatic heterocycles. The van der Waals surface area contributed by atoms with E-state index in [4.69, 9.17) is 32.7 Å². The molecule has 0 spiro atoms. The molecule has 0 saturated heterocycles. The number of Topliss-reactive ketones (excluding diaryl/α,β-unsaturated/α-hetero) is 1. The molecule has 1 unspecified atom stereocenters. The summed E-state index contributed by atoms with van der Waals surface area (Å²) in [6, 6.07) is 4.72. The number of carbonyl (C=O) groups is 2. The summed E-state index contributed by atoms with van der Waals surface area (Å²) in [7, 11) is 0. The van der Waals surface area contributed by atoms with Gasteiger partial charge in [-0.1, -0.05) is 13.8 Å². The molecule has 1 aromatic heterocycles. The van der Waals surface area contributed by atoms with E-state index in [1.807, 2.05) is 6.92 Å². The molecular weight excluding hydrogens is 327 g/mol. The van der Waals surface area contributed by atoms with Crippen molar-refractivity contribution in [1.82, 2.24) is 0 Å². The number of hydrogen-bond donors (Lipinski definition) is 1. The molecule has 1 aromatic carbocycles. The van der Waals surface area contributed by atoms with Gasteiger partial charge >= 0.3 is 5.97 Å². The summed E-state index contributed by atoms with van der Waals surface area (Å²) < 4.78 is 5.28. The van der Waals surface area contributed by atoms with Gasteiger partial charge in [-0.15, -0.1) is 23.2 Å². The van der Waals surface area contributed by atoms with Gasteiger partial charge in [-0.2, -0.15) is 0 Å². The average Bonchev–Trinajstić information content (AvgIpc) is 2.95. The molecule has 6 heteroatoms. The molecule has 4 nitrogen and oxygen atoms in total. The van der Waals surface area contributed by atoms with Crippen molar-refractivity contribution in [1.29, 1.82) is 0 Å². The molecule has 0 fully saturated rings. The molecule has 0 aliphatic rings. The van der Waals surface area contributed by atoms with Gasteiger partial charge in [0.25, 0.3) is 0 Å². The lowest BCUT2D eigenvalue weighted by molar-refractivity contribution is 0.0664. The molecule has 0 radical (unpaired) electrons. The van der Waals surface area contributed by atoms with Crippen LogP contribution in [0.15, 0.2) is 22.6 Å². The fourth-order valence-corrected chi connectivity index (χ4v) is 2.71. The summed E-state index contributed by atoms with van der Waals surface area (Å²) in [6.07, 6.45) is 1.00. The molecule has 2 rings (SSSR count). The second kappa shape index (κ2) is 6.31. The van der Waals surface area contributed by atoms with Crippen molar-refractivity contribution in [3.8, 4) is 0 Å². The highest BCUT2D eigenvalue weighted by Gasteiger charge is 2.35. The lowest BCUT2D eigenvalue weighted by Gasteiger charge is -2.22. The number of furan rings is 1. The molecule has 118 valence electrons. The first-order valence-electron chi connectivity index (χ1n) is 6.95. The standard InChI is InChI=1S/C16H16Cl2O4/c1-3-9-6-12-10(7-13(22-12)15(20)21)5-11(9)14(19)16(18,4-2)8-17/h5-7H,3-4,8H2,1-2H3,(H,20,21). The van der Waals surface area contributed by atoms with E-state index in [0.717, 1.165) is 5.56 Å². The van der Waals surface area contributed by atoms with E-state index in [-0.39, 0.29) is 17.4 Å². The van der Waals surface area contributed by atoms with Crippen molar-refractivity contribution < 1.29 is 19.1 Å². The first-order valence-corrected chi connectivity index (χ1v) is 7.87. The zero-order chi connectivity index (χ0) is 16.5. The van der Waals surface area contributed by atoms with Gasteiger partial charge in [0, 0.05) is 16.8 Å². The molecule has 0 aliphatic carbocycles. The van der Waals surface area contributed by atoms with Crippen molar-refractivity contribution >= 4 is 45.9 Å². The number of rotatable bonds is 6. The van der Waals surface area contributed by atoms with E-state index in [0.29, 0.717) is 29.4 Å². The number of carbonyl (C=O) groups excluding carboxylic acids is 1. The van der Waals surface area contributed by atoms with E-state index in [1.54, 1.807) is 19.1 Å². The monoisotopic (exact) mass is 342 g/mol. The highest BCUT2D eigenvalue weighted by Crippen LogP contribution is 2.31. The van der Waals surface area contributed by atoms with Crippen LogP contribution in [0.25, 0.3) is 11.0 Å². The summed E-state index contributed by atoms with van der Waals surface area (Å²) in [5.41, 5.74) is 1.66. The number of fused-ring (bicyclic) bond motifs is 1. The predicted molar refractivity (Wildman–Crippen MR) is 86.5 cm³/mol. The Bertz CT molecular complexity index is 729. The van der Waals surface area contributed by atoms with Gasteiger partial charge in [0.05, 0.1) is 0 Å². The van der Waals surface area contributed by atoms with Crippen LogP contribution < -0.4 is 0 Å². The van der Waals surface area contributed by atoms with E-state index in [1.165, 1.54) is 6.07 Å². The van der Waals surface area contributed by atoms with E-state index in [9.17, 15) is 9.59 Å². The number of alkyl halides is 2. The van der Waals surface area contributed by atoms with Crippen molar-refractivity contribution in [2.24, 2.45) is 0 Å². The number of ketones is 1. The highest BCUT2D eigenvalue weighted by molar-refractivity contribution is 6.42. The Kier molecular flexibility index (Phi) is 4.83. The Labute approximate surface area is 138 Å². The van der Waals surface area contributed by atoms with E-state index < -0.39 is 10.8 Å².